The van der Waals surface area contributed by atoms with Crippen LogP contribution < -0.4 is 16.2 Å². The molecule has 1 heterocycles. The van der Waals surface area contributed by atoms with Gasteiger partial charge in [0.25, 0.3) is 0 Å². The van der Waals surface area contributed by atoms with Gasteiger partial charge in [0.1, 0.15) is 0 Å². The van der Waals surface area contributed by atoms with Crippen molar-refractivity contribution in [2.45, 2.75) is 20.3 Å². The molecule has 1 aliphatic rings. The minimum atomic E-state index is 0.0498. The molecule has 2 rings (SSSR count). The van der Waals surface area contributed by atoms with Crippen LogP contribution in [0, 0.1) is 5.92 Å². The minimum absolute atomic E-state index is 0.0498. The molecule has 6 heteroatoms. The van der Waals surface area contributed by atoms with E-state index in [1.165, 1.54) is 11.8 Å². The third-order valence-corrected chi connectivity index (χ3v) is 3.73. The van der Waals surface area contributed by atoms with Gasteiger partial charge in [-0.3, -0.25) is 20.6 Å². The molecule has 0 aliphatic carbocycles. The summed E-state index contributed by atoms with van der Waals surface area (Å²) in [4.78, 5) is 15.8. The standard InChI is InChI=1S/C15H20N4OS/c1-10(2)8-14(20)17-12-6-4-11(5-7-12)13-9-21-15(16-3)19-18-13/h4-7,9-10,18H,8H2,1-3H3,(H,16,19)(H,17,20). The Labute approximate surface area is 129 Å². The van der Waals surface area contributed by atoms with E-state index in [1.54, 1.807) is 7.05 Å². The van der Waals surface area contributed by atoms with Crippen molar-refractivity contribution in [3.05, 3.63) is 35.2 Å². The molecule has 0 spiro atoms. The molecular formula is C15H20N4OS. The van der Waals surface area contributed by atoms with Crippen LogP contribution in [0.5, 0.6) is 0 Å². The van der Waals surface area contributed by atoms with Gasteiger partial charge < -0.3 is 5.32 Å². The van der Waals surface area contributed by atoms with E-state index in [1.807, 2.05) is 43.5 Å². The van der Waals surface area contributed by atoms with E-state index in [0.29, 0.717) is 12.3 Å². The molecule has 5 nitrogen and oxygen atoms in total. The molecule has 3 N–H and O–H groups in total. The number of anilines is 1. The maximum Gasteiger partial charge on any atom is 0.224 e. The van der Waals surface area contributed by atoms with Gasteiger partial charge in [-0.15, -0.1) is 0 Å². The van der Waals surface area contributed by atoms with Crippen molar-refractivity contribution in [3.63, 3.8) is 0 Å². The van der Waals surface area contributed by atoms with Crippen LogP contribution >= 0.6 is 11.8 Å². The Morgan fingerprint density at radius 2 is 2.00 bits per heavy atom. The SMILES string of the molecule is CN=C1NNC(c2ccc(NC(=O)CC(C)C)cc2)=CS1. The minimum Gasteiger partial charge on any atom is -0.326 e. The fourth-order valence-electron chi connectivity index (χ4n) is 1.86. The zero-order valence-electron chi connectivity index (χ0n) is 12.4. The molecule has 0 aromatic heterocycles. The maximum absolute atomic E-state index is 11.7. The zero-order valence-corrected chi connectivity index (χ0v) is 13.3. The second kappa shape index (κ2) is 7.17. The summed E-state index contributed by atoms with van der Waals surface area (Å²) in [7, 11) is 1.74. The summed E-state index contributed by atoms with van der Waals surface area (Å²) in [6.45, 7) is 4.06. The molecule has 0 atom stereocenters. The Balaban J connectivity index is 1.99. The highest BCUT2D eigenvalue weighted by Crippen LogP contribution is 2.21. The van der Waals surface area contributed by atoms with E-state index < -0.39 is 0 Å². The Morgan fingerprint density at radius 3 is 2.52 bits per heavy atom. The van der Waals surface area contributed by atoms with Crippen molar-refractivity contribution in [1.29, 1.82) is 0 Å². The van der Waals surface area contributed by atoms with E-state index in [-0.39, 0.29) is 5.91 Å². The number of hydrogen-bond acceptors (Lipinski definition) is 4. The molecule has 1 amide bonds. The van der Waals surface area contributed by atoms with Gasteiger partial charge in [0.15, 0.2) is 5.17 Å². The molecule has 0 radical (unpaired) electrons. The molecule has 1 aromatic rings. The van der Waals surface area contributed by atoms with Crippen LogP contribution in [0.1, 0.15) is 25.8 Å². The summed E-state index contributed by atoms with van der Waals surface area (Å²) < 4.78 is 0. The summed E-state index contributed by atoms with van der Waals surface area (Å²) >= 11 is 1.53. The van der Waals surface area contributed by atoms with Crippen molar-refractivity contribution < 1.29 is 4.79 Å². The number of benzene rings is 1. The lowest BCUT2D eigenvalue weighted by molar-refractivity contribution is -0.116. The van der Waals surface area contributed by atoms with Crippen LogP contribution in [0.25, 0.3) is 5.70 Å². The first-order valence-electron chi connectivity index (χ1n) is 6.84. The normalized spacial score (nSPS) is 16.2. The predicted octanol–water partition coefficient (Wildman–Crippen LogP) is 2.80. The van der Waals surface area contributed by atoms with Gasteiger partial charge in [-0.25, -0.2) is 0 Å². The second-order valence-electron chi connectivity index (χ2n) is 5.15. The molecule has 21 heavy (non-hydrogen) atoms. The van der Waals surface area contributed by atoms with E-state index >= 15 is 0 Å². The number of amides is 1. The molecule has 112 valence electrons. The maximum atomic E-state index is 11.7. The van der Waals surface area contributed by atoms with Crippen molar-refractivity contribution in [3.8, 4) is 0 Å². The smallest absolute Gasteiger partial charge is 0.224 e. The number of nitrogens with one attached hydrogen (secondary N) is 3. The van der Waals surface area contributed by atoms with Gasteiger partial charge >= 0.3 is 0 Å². The summed E-state index contributed by atoms with van der Waals surface area (Å²) in [5.74, 6) is 0.409. The predicted molar refractivity (Wildman–Crippen MR) is 89.7 cm³/mol. The highest BCUT2D eigenvalue weighted by Gasteiger charge is 2.10. The zero-order chi connectivity index (χ0) is 15.2. The summed E-state index contributed by atoms with van der Waals surface area (Å²) in [5.41, 5.74) is 8.95. The fraction of sp³-hybridized carbons (Fsp3) is 0.333. The number of carbonyl (C=O) groups is 1. The monoisotopic (exact) mass is 304 g/mol. The Bertz CT molecular complexity index is 564. The van der Waals surface area contributed by atoms with Crippen LogP contribution in [-0.4, -0.2) is 18.1 Å². The van der Waals surface area contributed by atoms with Crippen LogP contribution in [0.2, 0.25) is 0 Å². The summed E-state index contributed by atoms with van der Waals surface area (Å²) in [6.07, 6.45) is 0.536. The molecule has 0 unspecified atom stereocenters. The Kier molecular flexibility index (Phi) is 5.27. The van der Waals surface area contributed by atoms with Gasteiger partial charge in [0.2, 0.25) is 5.91 Å². The van der Waals surface area contributed by atoms with Crippen molar-refractivity contribution in [1.82, 2.24) is 10.9 Å². The number of nitrogens with zero attached hydrogens (tertiary/aromatic N) is 1. The molecule has 0 bridgehead atoms. The topological polar surface area (TPSA) is 65.5 Å². The van der Waals surface area contributed by atoms with E-state index in [2.05, 4.69) is 21.2 Å². The number of thioether (sulfide) groups is 1. The van der Waals surface area contributed by atoms with E-state index in [4.69, 9.17) is 0 Å². The Morgan fingerprint density at radius 1 is 1.29 bits per heavy atom. The lowest BCUT2D eigenvalue weighted by Gasteiger charge is -2.18. The van der Waals surface area contributed by atoms with Crippen molar-refractivity contribution >= 4 is 34.2 Å². The van der Waals surface area contributed by atoms with Crippen molar-refractivity contribution in [2.24, 2.45) is 10.9 Å². The number of carbonyl (C=O) groups excluding carboxylic acids is 1. The van der Waals surface area contributed by atoms with Gasteiger partial charge in [0, 0.05) is 30.1 Å². The average Bonchev–Trinajstić information content (AvgIpc) is 2.47. The largest absolute Gasteiger partial charge is 0.326 e. The quantitative estimate of drug-likeness (QED) is 0.800. The van der Waals surface area contributed by atoms with Gasteiger partial charge in [0.05, 0.1) is 5.70 Å². The molecule has 0 saturated heterocycles. The highest BCUT2D eigenvalue weighted by atomic mass is 32.2. The number of hydrogen-bond donors (Lipinski definition) is 3. The first kappa shape index (κ1) is 15.4. The van der Waals surface area contributed by atoms with Crippen LogP contribution in [-0.2, 0) is 4.79 Å². The van der Waals surface area contributed by atoms with Crippen molar-refractivity contribution in [2.75, 3.05) is 12.4 Å². The van der Waals surface area contributed by atoms with E-state index in [0.717, 1.165) is 22.1 Å². The van der Waals surface area contributed by atoms with Crippen LogP contribution in [0.4, 0.5) is 5.69 Å². The number of amidine groups is 1. The molecule has 0 saturated carbocycles. The first-order chi connectivity index (χ1) is 10.1. The molecule has 0 fully saturated rings. The number of rotatable bonds is 4. The van der Waals surface area contributed by atoms with Gasteiger partial charge in [-0.05, 0) is 18.1 Å². The van der Waals surface area contributed by atoms with Crippen LogP contribution in [0.15, 0.2) is 34.7 Å². The number of aliphatic imine (C=N–C) groups is 1. The highest BCUT2D eigenvalue weighted by molar-refractivity contribution is 8.16. The average molecular weight is 304 g/mol. The van der Waals surface area contributed by atoms with Gasteiger partial charge in [-0.1, -0.05) is 37.7 Å². The van der Waals surface area contributed by atoms with Crippen LogP contribution in [0.3, 0.4) is 0 Å². The lowest BCUT2D eigenvalue weighted by atomic mass is 10.1. The van der Waals surface area contributed by atoms with Gasteiger partial charge in [-0.2, -0.15) is 0 Å². The Hall–Kier alpha value is -1.95. The summed E-state index contributed by atoms with van der Waals surface area (Å²) in [5, 5.41) is 5.74. The fourth-order valence-corrected chi connectivity index (χ4v) is 2.50. The second-order valence-corrected chi connectivity index (χ2v) is 6.01. The number of hydrazine groups is 1. The third-order valence-electron chi connectivity index (χ3n) is 2.87. The first-order valence-corrected chi connectivity index (χ1v) is 7.72. The third kappa shape index (κ3) is 4.53. The molecule has 1 aromatic carbocycles. The lowest BCUT2D eigenvalue weighted by Crippen LogP contribution is -2.36. The summed E-state index contributed by atoms with van der Waals surface area (Å²) in [6, 6.07) is 7.76. The van der Waals surface area contributed by atoms with E-state index in [9.17, 15) is 4.79 Å². The molecule has 1 aliphatic heterocycles. The molecular weight excluding hydrogens is 284 g/mol.